The van der Waals surface area contributed by atoms with Crippen LogP contribution in [0.4, 0.5) is 0 Å². The van der Waals surface area contributed by atoms with Gasteiger partial charge in [0.2, 0.25) is 0 Å². The average Bonchev–Trinajstić information content (AvgIpc) is 3.14. The first kappa shape index (κ1) is 22.6. The van der Waals surface area contributed by atoms with Gasteiger partial charge in [0.05, 0.1) is 18.6 Å². The van der Waals surface area contributed by atoms with Gasteiger partial charge in [0.25, 0.3) is 0 Å². The van der Waals surface area contributed by atoms with Gasteiger partial charge in [-0.2, -0.15) is 0 Å². The van der Waals surface area contributed by atoms with Crippen LogP contribution in [0.3, 0.4) is 0 Å². The lowest BCUT2D eigenvalue weighted by Gasteiger charge is -2.64. The van der Waals surface area contributed by atoms with Crippen molar-refractivity contribution >= 4 is 8.07 Å². The van der Waals surface area contributed by atoms with Crippen molar-refractivity contribution < 1.29 is 9.47 Å². The van der Waals surface area contributed by atoms with Gasteiger partial charge in [-0.05, 0) is 60.5 Å². The van der Waals surface area contributed by atoms with Crippen LogP contribution in [-0.4, -0.2) is 27.1 Å². The van der Waals surface area contributed by atoms with Crippen molar-refractivity contribution in [2.45, 2.75) is 110 Å². The predicted molar refractivity (Wildman–Crippen MR) is 128 cm³/mol. The summed E-state index contributed by atoms with van der Waals surface area (Å²) in [7, 11) is -1.62. The molecule has 2 nitrogen and oxygen atoms in total. The van der Waals surface area contributed by atoms with E-state index in [1.165, 1.54) is 32.1 Å². The fourth-order valence-electron chi connectivity index (χ4n) is 7.02. The smallest absolute Gasteiger partial charge is 0.173 e. The van der Waals surface area contributed by atoms with Crippen molar-refractivity contribution in [2.24, 2.45) is 22.2 Å². The zero-order chi connectivity index (χ0) is 22.1. The Morgan fingerprint density at radius 2 is 1.67 bits per heavy atom. The second-order valence-electron chi connectivity index (χ2n) is 12.9. The van der Waals surface area contributed by atoms with Crippen LogP contribution < -0.4 is 0 Å². The molecule has 0 bridgehead atoms. The largest absolute Gasteiger partial charge is 0.347 e. The highest BCUT2D eigenvalue weighted by Gasteiger charge is 2.65. The Morgan fingerprint density at radius 3 is 2.30 bits per heavy atom. The maximum atomic E-state index is 6.32. The maximum absolute atomic E-state index is 6.32. The normalized spacial score (nSPS) is 37.6. The van der Waals surface area contributed by atoms with Crippen molar-refractivity contribution in [1.29, 1.82) is 0 Å². The summed E-state index contributed by atoms with van der Waals surface area (Å²) in [5.41, 5.74) is 5.97. The van der Waals surface area contributed by atoms with E-state index in [0.29, 0.717) is 11.0 Å². The van der Waals surface area contributed by atoms with Crippen LogP contribution in [-0.2, 0) is 9.47 Å². The average molecular weight is 429 g/mol. The molecule has 168 valence electrons. The molecule has 0 radical (unpaired) electrons. The Morgan fingerprint density at radius 1 is 1.00 bits per heavy atom. The van der Waals surface area contributed by atoms with Crippen LogP contribution in [0.15, 0.2) is 11.6 Å². The van der Waals surface area contributed by atoms with Gasteiger partial charge >= 0.3 is 0 Å². The molecule has 4 aliphatic rings. The highest BCUT2D eigenvalue weighted by Crippen LogP contribution is 2.69. The van der Waals surface area contributed by atoms with Gasteiger partial charge in [-0.3, -0.25) is 0 Å². The molecule has 0 unspecified atom stereocenters. The molecule has 0 aromatic heterocycles. The molecular weight excluding hydrogens is 384 g/mol. The summed E-state index contributed by atoms with van der Waals surface area (Å²) >= 11 is 0. The van der Waals surface area contributed by atoms with Gasteiger partial charge in [0.15, 0.2) is 5.79 Å². The molecule has 3 heteroatoms. The molecule has 0 aromatic rings. The first-order valence-corrected chi connectivity index (χ1v) is 15.3. The topological polar surface area (TPSA) is 18.5 Å². The van der Waals surface area contributed by atoms with Crippen molar-refractivity contribution in [3.05, 3.63) is 11.6 Å². The van der Waals surface area contributed by atoms with E-state index in [2.05, 4.69) is 72.2 Å². The van der Waals surface area contributed by atoms with Gasteiger partial charge in [-0.15, -0.1) is 5.54 Å². The van der Waals surface area contributed by atoms with Gasteiger partial charge in [0, 0.05) is 11.8 Å². The Bertz CT molecular complexity index is 784. The lowest BCUT2D eigenvalue weighted by molar-refractivity contribution is -0.284. The lowest BCUT2D eigenvalue weighted by Crippen LogP contribution is -2.61. The summed E-state index contributed by atoms with van der Waals surface area (Å²) in [5, 5.41) is 0.312. The molecule has 1 saturated heterocycles. The maximum Gasteiger partial charge on any atom is 0.173 e. The Labute approximate surface area is 186 Å². The SMILES string of the molecule is CC1(C)[C@@H]2CC[C@@]3(C#C[Si](C)(C)C(C)(C)C)CCCC=C3[C@@]2(C)CCC12OCCO2. The third-order valence-corrected chi connectivity index (χ3v) is 14.5. The lowest BCUT2D eigenvalue weighted by atomic mass is 9.43. The van der Waals surface area contributed by atoms with Crippen LogP contribution >= 0.6 is 0 Å². The highest BCUT2D eigenvalue weighted by molar-refractivity contribution is 6.87. The third-order valence-electron chi connectivity index (χ3n) is 9.99. The molecule has 3 aliphatic carbocycles. The van der Waals surface area contributed by atoms with Gasteiger partial charge in [-0.1, -0.05) is 66.6 Å². The molecule has 30 heavy (non-hydrogen) atoms. The minimum Gasteiger partial charge on any atom is -0.347 e. The number of rotatable bonds is 0. The molecule has 0 aromatic carbocycles. The summed E-state index contributed by atoms with van der Waals surface area (Å²) < 4.78 is 12.6. The molecule has 2 saturated carbocycles. The molecule has 3 atom stereocenters. The number of ether oxygens (including phenoxy) is 2. The van der Waals surface area contributed by atoms with E-state index in [0.717, 1.165) is 26.1 Å². The third kappa shape index (κ3) is 3.12. The first-order valence-electron chi connectivity index (χ1n) is 12.3. The highest BCUT2D eigenvalue weighted by atomic mass is 28.3. The number of fused-ring (bicyclic) bond motifs is 3. The first-order chi connectivity index (χ1) is 13.8. The number of hydrogen-bond acceptors (Lipinski definition) is 2. The number of allylic oxidation sites excluding steroid dienone is 2. The molecule has 0 N–H and O–H groups in total. The monoisotopic (exact) mass is 428 g/mol. The Hall–Kier alpha value is -0.563. The van der Waals surface area contributed by atoms with Gasteiger partial charge in [-0.25, -0.2) is 0 Å². The van der Waals surface area contributed by atoms with Crippen molar-refractivity contribution in [3.8, 4) is 11.5 Å². The summed E-state index contributed by atoms with van der Waals surface area (Å²) in [6.45, 7) is 20.9. The van der Waals surface area contributed by atoms with Crippen LogP contribution in [0.5, 0.6) is 0 Å². The van der Waals surface area contributed by atoms with Crippen LogP contribution in [0, 0.1) is 33.6 Å². The van der Waals surface area contributed by atoms with E-state index in [1.807, 2.05) is 0 Å². The Balaban J connectivity index is 1.74. The molecule has 3 fully saturated rings. The van der Waals surface area contributed by atoms with Crippen molar-refractivity contribution in [1.82, 2.24) is 0 Å². The van der Waals surface area contributed by atoms with Crippen LogP contribution in [0.25, 0.3) is 0 Å². The minimum atomic E-state index is -1.62. The van der Waals surface area contributed by atoms with E-state index in [1.54, 1.807) is 5.57 Å². The molecule has 1 aliphatic heterocycles. The standard InChI is InChI=1S/C27H44O2Si/c1-23(2,3)30(7,8)20-17-26-13-10-9-11-22(26)25(6)15-16-27(28-18-19-29-27)24(4,5)21(25)12-14-26/h11,21H,9-10,12-16,18-19H2,1-8H3/t21-,25-,26+/m0/s1. The van der Waals surface area contributed by atoms with Gasteiger partial charge in [0.1, 0.15) is 8.07 Å². The summed E-state index contributed by atoms with van der Waals surface area (Å²) in [6, 6.07) is 0. The zero-order valence-electron chi connectivity index (χ0n) is 20.8. The quantitative estimate of drug-likeness (QED) is 0.232. The predicted octanol–water partition coefficient (Wildman–Crippen LogP) is 7.11. The molecule has 4 rings (SSSR count). The van der Waals surface area contributed by atoms with E-state index >= 15 is 0 Å². The Kier molecular flexibility index (Phi) is 5.25. The fourth-order valence-corrected chi connectivity index (χ4v) is 7.95. The van der Waals surface area contributed by atoms with E-state index in [9.17, 15) is 0 Å². The number of hydrogen-bond donors (Lipinski definition) is 0. The van der Waals surface area contributed by atoms with E-state index in [4.69, 9.17) is 9.47 Å². The molecule has 1 heterocycles. The van der Waals surface area contributed by atoms with Crippen LogP contribution in [0.1, 0.15) is 86.5 Å². The fraction of sp³-hybridized carbons (Fsp3) is 0.852. The summed E-state index contributed by atoms with van der Waals surface area (Å²) in [6.07, 6.45) is 11.0. The van der Waals surface area contributed by atoms with Crippen LogP contribution in [0.2, 0.25) is 18.1 Å². The second-order valence-corrected chi connectivity index (χ2v) is 17.9. The summed E-state index contributed by atoms with van der Waals surface area (Å²) in [4.78, 5) is 0. The van der Waals surface area contributed by atoms with E-state index < -0.39 is 8.07 Å². The molecular formula is C27H44O2Si. The van der Waals surface area contributed by atoms with Gasteiger partial charge < -0.3 is 9.47 Å². The van der Waals surface area contributed by atoms with Crippen molar-refractivity contribution in [2.75, 3.05) is 13.2 Å². The zero-order valence-corrected chi connectivity index (χ0v) is 21.8. The van der Waals surface area contributed by atoms with E-state index in [-0.39, 0.29) is 22.0 Å². The van der Waals surface area contributed by atoms with Crippen molar-refractivity contribution in [3.63, 3.8) is 0 Å². The molecule has 0 amide bonds. The summed E-state index contributed by atoms with van der Waals surface area (Å²) in [5.74, 6) is 4.22. The molecule has 1 spiro atoms. The minimum absolute atomic E-state index is 0.0216. The second kappa shape index (κ2) is 6.97.